The summed E-state index contributed by atoms with van der Waals surface area (Å²) in [6, 6.07) is 5.06. The van der Waals surface area contributed by atoms with E-state index in [1.54, 1.807) is 0 Å². The van der Waals surface area contributed by atoms with Crippen molar-refractivity contribution in [3.8, 4) is 0 Å². The molecule has 1 aromatic rings. The number of nitrogens with zero attached hydrogens (tertiary/aromatic N) is 1. The molecule has 1 aliphatic rings. The lowest BCUT2D eigenvalue weighted by atomic mass is 10.0. The summed E-state index contributed by atoms with van der Waals surface area (Å²) >= 11 is 6.11. The Morgan fingerprint density at radius 3 is 2.78 bits per heavy atom. The van der Waals surface area contributed by atoms with Crippen LogP contribution in [-0.4, -0.2) is 31.2 Å². The van der Waals surface area contributed by atoms with Crippen molar-refractivity contribution in [3.63, 3.8) is 0 Å². The van der Waals surface area contributed by atoms with Gasteiger partial charge in [0.1, 0.15) is 5.82 Å². The van der Waals surface area contributed by atoms with Gasteiger partial charge >= 0.3 is 0 Å². The SMILES string of the molecule is CC1CCN(S(=O)(=O)c2cccc(F)c2)CC1Cl. The Kier molecular flexibility index (Phi) is 3.94. The molecular weight excluding hydrogens is 277 g/mol. The van der Waals surface area contributed by atoms with Crippen LogP contribution in [0.1, 0.15) is 13.3 Å². The third-order valence-corrected chi connectivity index (χ3v) is 5.69. The van der Waals surface area contributed by atoms with Crippen LogP contribution in [0.4, 0.5) is 4.39 Å². The molecule has 1 aromatic carbocycles. The van der Waals surface area contributed by atoms with Crippen molar-refractivity contribution in [2.75, 3.05) is 13.1 Å². The van der Waals surface area contributed by atoms with Crippen molar-refractivity contribution in [1.82, 2.24) is 4.31 Å². The summed E-state index contributed by atoms with van der Waals surface area (Å²) in [6.07, 6.45) is 0.725. The average molecular weight is 292 g/mol. The van der Waals surface area contributed by atoms with E-state index in [-0.39, 0.29) is 16.8 Å². The summed E-state index contributed by atoms with van der Waals surface area (Å²) < 4.78 is 39.0. The van der Waals surface area contributed by atoms with Crippen molar-refractivity contribution in [2.45, 2.75) is 23.6 Å². The highest BCUT2D eigenvalue weighted by atomic mass is 35.5. The molecule has 1 fully saturated rings. The quantitative estimate of drug-likeness (QED) is 0.785. The fraction of sp³-hybridized carbons (Fsp3) is 0.500. The molecule has 0 N–H and O–H groups in total. The minimum absolute atomic E-state index is 0.0130. The fourth-order valence-electron chi connectivity index (χ4n) is 1.99. The molecule has 0 aliphatic carbocycles. The van der Waals surface area contributed by atoms with Crippen LogP contribution >= 0.6 is 11.6 Å². The molecule has 1 saturated heterocycles. The zero-order chi connectivity index (χ0) is 13.3. The smallest absolute Gasteiger partial charge is 0.207 e. The second-order valence-electron chi connectivity index (χ2n) is 4.60. The van der Waals surface area contributed by atoms with Crippen LogP contribution in [0.25, 0.3) is 0 Å². The number of hydrogen-bond donors (Lipinski definition) is 0. The van der Waals surface area contributed by atoms with E-state index in [4.69, 9.17) is 11.6 Å². The summed E-state index contributed by atoms with van der Waals surface area (Å²) in [7, 11) is -3.63. The fourth-order valence-corrected chi connectivity index (χ4v) is 3.88. The third-order valence-electron chi connectivity index (χ3n) is 3.26. The monoisotopic (exact) mass is 291 g/mol. The van der Waals surface area contributed by atoms with Gasteiger partial charge in [0, 0.05) is 18.5 Å². The summed E-state index contributed by atoms with van der Waals surface area (Å²) in [5.74, 6) is -0.255. The van der Waals surface area contributed by atoms with E-state index in [0.717, 1.165) is 12.5 Å². The van der Waals surface area contributed by atoms with Gasteiger partial charge in [-0.15, -0.1) is 11.6 Å². The highest BCUT2D eigenvalue weighted by molar-refractivity contribution is 7.89. The Balaban J connectivity index is 2.27. The van der Waals surface area contributed by atoms with Crippen molar-refractivity contribution in [3.05, 3.63) is 30.1 Å². The van der Waals surface area contributed by atoms with Gasteiger partial charge in [-0.2, -0.15) is 4.31 Å². The molecule has 18 heavy (non-hydrogen) atoms. The number of piperidine rings is 1. The van der Waals surface area contributed by atoms with E-state index >= 15 is 0 Å². The zero-order valence-electron chi connectivity index (χ0n) is 10.0. The lowest BCUT2D eigenvalue weighted by Crippen LogP contribution is -2.43. The van der Waals surface area contributed by atoms with Crippen LogP contribution < -0.4 is 0 Å². The Bertz CT molecular complexity index is 535. The lowest BCUT2D eigenvalue weighted by Gasteiger charge is -2.33. The minimum Gasteiger partial charge on any atom is -0.207 e. The van der Waals surface area contributed by atoms with Crippen molar-refractivity contribution < 1.29 is 12.8 Å². The lowest BCUT2D eigenvalue weighted by molar-refractivity contribution is 0.293. The van der Waals surface area contributed by atoms with E-state index in [1.807, 2.05) is 6.92 Å². The largest absolute Gasteiger partial charge is 0.243 e. The number of benzene rings is 1. The van der Waals surface area contributed by atoms with E-state index in [9.17, 15) is 12.8 Å². The predicted octanol–water partition coefficient (Wildman–Crippen LogP) is 2.46. The first kappa shape index (κ1) is 13.8. The van der Waals surface area contributed by atoms with E-state index in [0.29, 0.717) is 12.5 Å². The first-order valence-electron chi connectivity index (χ1n) is 5.81. The molecule has 0 spiro atoms. The van der Waals surface area contributed by atoms with Gasteiger partial charge in [0.2, 0.25) is 10.0 Å². The van der Waals surface area contributed by atoms with Crippen molar-refractivity contribution in [2.24, 2.45) is 5.92 Å². The summed E-state index contributed by atoms with van der Waals surface area (Å²) in [6.45, 7) is 2.72. The Morgan fingerprint density at radius 1 is 1.44 bits per heavy atom. The van der Waals surface area contributed by atoms with Crippen LogP contribution in [0.15, 0.2) is 29.2 Å². The number of hydrogen-bond acceptors (Lipinski definition) is 2. The Labute approximate surface area is 112 Å². The third kappa shape index (κ3) is 2.68. The van der Waals surface area contributed by atoms with Gasteiger partial charge in [-0.05, 0) is 30.5 Å². The predicted molar refractivity (Wildman–Crippen MR) is 68.6 cm³/mol. The first-order valence-corrected chi connectivity index (χ1v) is 7.68. The Morgan fingerprint density at radius 2 is 2.17 bits per heavy atom. The summed E-state index contributed by atoms with van der Waals surface area (Å²) in [5.41, 5.74) is 0. The van der Waals surface area contributed by atoms with Crippen LogP contribution in [0.2, 0.25) is 0 Å². The second-order valence-corrected chi connectivity index (χ2v) is 7.10. The number of sulfonamides is 1. The van der Waals surface area contributed by atoms with Gasteiger partial charge in [-0.1, -0.05) is 13.0 Å². The normalized spacial score (nSPS) is 26.2. The maximum Gasteiger partial charge on any atom is 0.243 e. The van der Waals surface area contributed by atoms with E-state index in [2.05, 4.69) is 0 Å². The maximum atomic E-state index is 13.1. The Hall–Kier alpha value is -0.650. The standard InChI is InChI=1S/C12H15ClFNO2S/c1-9-5-6-15(8-12(9)13)18(16,17)11-4-2-3-10(14)7-11/h2-4,7,9,12H,5-6,8H2,1H3. The molecule has 0 aromatic heterocycles. The van der Waals surface area contributed by atoms with Crippen molar-refractivity contribution >= 4 is 21.6 Å². The van der Waals surface area contributed by atoms with Gasteiger partial charge in [0.25, 0.3) is 0 Å². The molecule has 0 amide bonds. The zero-order valence-corrected chi connectivity index (χ0v) is 11.6. The molecule has 100 valence electrons. The van der Waals surface area contributed by atoms with E-state index in [1.165, 1.54) is 22.5 Å². The first-order chi connectivity index (χ1) is 8.41. The van der Waals surface area contributed by atoms with Crippen LogP contribution in [0.3, 0.4) is 0 Å². The number of halogens is 2. The van der Waals surface area contributed by atoms with Crippen molar-refractivity contribution in [1.29, 1.82) is 0 Å². The summed E-state index contributed by atoms with van der Waals surface area (Å²) in [5, 5.41) is -0.193. The molecule has 2 unspecified atom stereocenters. The van der Waals surface area contributed by atoms with Gasteiger partial charge in [0.15, 0.2) is 0 Å². The van der Waals surface area contributed by atoms with Gasteiger partial charge in [-0.3, -0.25) is 0 Å². The second kappa shape index (κ2) is 5.15. The van der Waals surface area contributed by atoms with E-state index < -0.39 is 15.8 Å². The van der Waals surface area contributed by atoms with Gasteiger partial charge in [0.05, 0.1) is 4.90 Å². The highest BCUT2D eigenvalue weighted by Gasteiger charge is 2.32. The molecular formula is C12H15ClFNO2S. The van der Waals surface area contributed by atoms with Crippen LogP contribution in [0, 0.1) is 11.7 Å². The minimum atomic E-state index is -3.63. The molecule has 2 rings (SSSR count). The molecule has 0 bridgehead atoms. The van der Waals surface area contributed by atoms with Crippen LogP contribution in [-0.2, 0) is 10.0 Å². The van der Waals surface area contributed by atoms with Gasteiger partial charge < -0.3 is 0 Å². The highest BCUT2D eigenvalue weighted by Crippen LogP contribution is 2.26. The molecule has 1 heterocycles. The molecule has 3 nitrogen and oxygen atoms in total. The molecule has 0 radical (unpaired) electrons. The van der Waals surface area contributed by atoms with Gasteiger partial charge in [-0.25, -0.2) is 12.8 Å². The number of alkyl halides is 1. The molecule has 2 atom stereocenters. The topological polar surface area (TPSA) is 37.4 Å². The molecule has 1 aliphatic heterocycles. The summed E-state index contributed by atoms with van der Waals surface area (Å²) in [4.78, 5) is -0.0130. The van der Waals surface area contributed by atoms with Crippen LogP contribution in [0.5, 0.6) is 0 Å². The average Bonchev–Trinajstić information content (AvgIpc) is 2.32. The number of rotatable bonds is 2. The molecule has 0 saturated carbocycles. The maximum absolute atomic E-state index is 13.1. The molecule has 6 heteroatoms.